The molecule has 94 valence electrons. The molecule has 3 rings (SSSR count). The summed E-state index contributed by atoms with van der Waals surface area (Å²) in [6.07, 6.45) is 5.05. The second-order valence-corrected chi connectivity index (χ2v) is 4.89. The first-order valence-corrected chi connectivity index (χ1v) is 6.76. The van der Waals surface area contributed by atoms with Crippen LogP contribution in [-0.4, -0.2) is 15.0 Å². The molecule has 0 fully saturated rings. The van der Waals surface area contributed by atoms with Crippen LogP contribution < -0.4 is 5.73 Å². The predicted molar refractivity (Wildman–Crippen MR) is 76.5 cm³/mol. The van der Waals surface area contributed by atoms with E-state index in [0.29, 0.717) is 6.54 Å². The fourth-order valence-electron chi connectivity index (χ4n) is 1.79. The van der Waals surface area contributed by atoms with Gasteiger partial charge in [0, 0.05) is 29.9 Å². The molecule has 3 aromatic rings. The quantitative estimate of drug-likeness (QED) is 0.793. The Kier molecular flexibility index (Phi) is 3.31. The van der Waals surface area contributed by atoms with E-state index in [4.69, 9.17) is 5.73 Å². The molecule has 0 amide bonds. The molecule has 0 aliphatic carbocycles. The van der Waals surface area contributed by atoms with Crippen molar-refractivity contribution in [1.82, 2.24) is 15.0 Å². The maximum Gasteiger partial charge on any atom is 0.144 e. The van der Waals surface area contributed by atoms with Crippen molar-refractivity contribution < 1.29 is 0 Å². The molecule has 0 saturated heterocycles. The highest BCUT2D eigenvalue weighted by molar-refractivity contribution is 7.13. The molecule has 5 heteroatoms. The van der Waals surface area contributed by atoms with Gasteiger partial charge >= 0.3 is 0 Å². The van der Waals surface area contributed by atoms with E-state index in [9.17, 15) is 0 Å². The Hall–Kier alpha value is -2.11. The second-order valence-electron chi connectivity index (χ2n) is 4.03. The smallest absolute Gasteiger partial charge is 0.144 e. The number of rotatable bonds is 3. The van der Waals surface area contributed by atoms with Gasteiger partial charge in [-0.3, -0.25) is 9.97 Å². The third-order valence-electron chi connectivity index (χ3n) is 2.74. The van der Waals surface area contributed by atoms with E-state index < -0.39 is 0 Å². The molecule has 19 heavy (non-hydrogen) atoms. The van der Waals surface area contributed by atoms with Crippen LogP contribution in [0.4, 0.5) is 0 Å². The molecule has 4 nitrogen and oxygen atoms in total. The van der Waals surface area contributed by atoms with Gasteiger partial charge in [-0.2, -0.15) is 0 Å². The largest absolute Gasteiger partial charge is 0.326 e. The van der Waals surface area contributed by atoms with Crippen molar-refractivity contribution in [3.05, 3.63) is 53.8 Å². The van der Waals surface area contributed by atoms with Crippen molar-refractivity contribution in [3.63, 3.8) is 0 Å². The Morgan fingerprint density at radius 3 is 2.89 bits per heavy atom. The first-order valence-electron chi connectivity index (χ1n) is 5.88. The highest BCUT2D eigenvalue weighted by Gasteiger charge is 2.07. The average molecular weight is 268 g/mol. The van der Waals surface area contributed by atoms with E-state index in [1.54, 1.807) is 29.9 Å². The van der Waals surface area contributed by atoms with Gasteiger partial charge in [-0.25, -0.2) is 4.98 Å². The second kappa shape index (κ2) is 5.26. The van der Waals surface area contributed by atoms with Crippen LogP contribution in [0.3, 0.4) is 0 Å². The molecule has 0 saturated carbocycles. The van der Waals surface area contributed by atoms with Crippen molar-refractivity contribution in [2.24, 2.45) is 5.73 Å². The summed E-state index contributed by atoms with van der Waals surface area (Å²) >= 11 is 1.57. The molecule has 1 aromatic carbocycles. The van der Waals surface area contributed by atoms with E-state index >= 15 is 0 Å². The summed E-state index contributed by atoms with van der Waals surface area (Å²) in [6.45, 7) is 0.537. The number of hydrogen-bond donors (Lipinski definition) is 1. The van der Waals surface area contributed by atoms with Crippen molar-refractivity contribution in [2.45, 2.75) is 6.54 Å². The Morgan fingerprint density at radius 1 is 1.16 bits per heavy atom. The van der Waals surface area contributed by atoms with Crippen LogP contribution in [0.1, 0.15) is 5.56 Å². The number of benzene rings is 1. The number of aromatic nitrogens is 3. The Bertz CT molecular complexity index is 679. The standard InChI is InChI=1S/C14H12N4S/c15-7-10-2-1-3-11(6-10)13-9-19-14(18-13)12-8-16-4-5-17-12/h1-6,8-9H,7,15H2. The third-order valence-corrected chi connectivity index (χ3v) is 3.61. The molecular formula is C14H12N4S. The minimum Gasteiger partial charge on any atom is -0.326 e. The van der Waals surface area contributed by atoms with Gasteiger partial charge in [-0.1, -0.05) is 18.2 Å². The Balaban J connectivity index is 1.97. The summed E-state index contributed by atoms with van der Waals surface area (Å²) in [4.78, 5) is 12.9. The third kappa shape index (κ3) is 2.52. The van der Waals surface area contributed by atoms with Gasteiger partial charge in [-0.15, -0.1) is 11.3 Å². The van der Waals surface area contributed by atoms with Crippen LogP contribution in [0.2, 0.25) is 0 Å². The summed E-state index contributed by atoms with van der Waals surface area (Å²) in [5.41, 5.74) is 9.58. The molecule has 0 bridgehead atoms. The SMILES string of the molecule is NCc1cccc(-c2csc(-c3cnccn3)n2)c1. The fraction of sp³-hybridized carbons (Fsp3) is 0.0714. The monoisotopic (exact) mass is 268 g/mol. The van der Waals surface area contributed by atoms with E-state index in [1.807, 2.05) is 23.6 Å². The van der Waals surface area contributed by atoms with E-state index in [1.165, 1.54) is 0 Å². The van der Waals surface area contributed by atoms with Gasteiger partial charge in [0.05, 0.1) is 11.9 Å². The lowest BCUT2D eigenvalue weighted by Crippen LogP contribution is -1.95. The molecule has 0 aliphatic rings. The lowest BCUT2D eigenvalue weighted by molar-refractivity contribution is 1.07. The number of nitrogens with zero attached hydrogens (tertiary/aromatic N) is 3. The van der Waals surface area contributed by atoms with Crippen LogP contribution in [-0.2, 0) is 6.54 Å². The van der Waals surface area contributed by atoms with E-state index in [-0.39, 0.29) is 0 Å². The summed E-state index contributed by atoms with van der Waals surface area (Å²) in [7, 11) is 0. The zero-order valence-electron chi connectivity index (χ0n) is 10.2. The number of nitrogens with two attached hydrogens (primary N) is 1. The lowest BCUT2D eigenvalue weighted by atomic mass is 10.1. The van der Waals surface area contributed by atoms with Crippen LogP contribution in [0.25, 0.3) is 22.0 Å². The van der Waals surface area contributed by atoms with Crippen molar-refractivity contribution in [2.75, 3.05) is 0 Å². The molecule has 0 radical (unpaired) electrons. The van der Waals surface area contributed by atoms with Crippen molar-refractivity contribution >= 4 is 11.3 Å². The number of hydrogen-bond acceptors (Lipinski definition) is 5. The van der Waals surface area contributed by atoms with Gasteiger partial charge in [0.2, 0.25) is 0 Å². The van der Waals surface area contributed by atoms with E-state index in [0.717, 1.165) is 27.5 Å². The fourth-order valence-corrected chi connectivity index (χ4v) is 2.58. The maximum absolute atomic E-state index is 5.66. The summed E-state index contributed by atoms with van der Waals surface area (Å²) in [6, 6.07) is 8.11. The average Bonchev–Trinajstić information content (AvgIpc) is 2.98. The van der Waals surface area contributed by atoms with Crippen LogP contribution in [0.5, 0.6) is 0 Å². The first kappa shape index (κ1) is 12.0. The topological polar surface area (TPSA) is 64.7 Å². The molecule has 2 N–H and O–H groups in total. The highest BCUT2D eigenvalue weighted by Crippen LogP contribution is 2.27. The van der Waals surface area contributed by atoms with Gasteiger partial charge < -0.3 is 5.73 Å². The van der Waals surface area contributed by atoms with Crippen LogP contribution >= 0.6 is 11.3 Å². The summed E-state index contributed by atoms with van der Waals surface area (Å²) < 4.78 is 0. The van der Waals surface area contributed by atoms with E-state index in [2.05, 4.69) is 21.0 Å². The zero-order valence-corrected chi connectivity index (χ0v) is 11.0. The molecule has 2 heterocycles. The molecule has 0 unspecified atom stereocenters. The van der Waals surface area contributed by atoms with Crippen LogP contribution in [0.15, 0.2) is 48.2 Å². The van der Waals surface area contributed by atoms with Crippen LogP contribution in [0, 0.1) is 0 Å². The van der Waals surface area contributed by atoms with Gasteiger partial charge in [0.1, 0.15) is 10.7 Å². The Labute approximate surface area is 115 Å². The minimum atomic E-state index is 0.537. The molecule has 0 atom stereocenters. The van der Waals surface area contributed by atoms with Gasteiger partial charge in [0.25, 0.3) is 0 Å². The first-order chi connectivity index (χ1) is 9.36. The van der Waals surface area contributed by atoms with Gasteiger partial charge in [-0.05, 0) is 11.6 Å². The molecule has 0 spiro atoms. The predicted octanol–water partition coefficient (Wildman–Crippen LogP) is 2.73. The molecule has 2 aromatic heterocycles. The maximum atomic E-state index is 5.66. The Morgan fingerprint density at radius 2 is 2.11 bits per heavy atom. The normalized spacial score (nSPS) is 10.6. The minimum absolute atomic E-state index is 0.537. The molecular weight excluding hydrogens is 256 g/mol. The lowest BCUT2D eigenvalue weighted by Gasteiger charge is -2.00. The molecule has 0 aliphatic heterocycles. The van der Waals surface area contributed by atoms with Crippen molar-refractivity contribution in [3.8, 4) is 22.0 Å². The summed E-state index contributed by atoms with van der Waals surface area (Å²) in [5.74, 6) is 0. The highest BCUT2D eigenvalue weighted by atomic mass is 32.1. The summed E-state index contributed by atoms with van der Waals surface area (Å²) in [5, 5.41) is 2.90. The van der Waals surface area contributed by atoms with Gasteiger partial charge in [0.15, 0.2) is 0 Å². The zero-order chi connectivity index (χ0) is 13.1. The number of thiazole rings is 1. The van der Waals surface area contributed by atoms with Crippen molar-refractivity contribution in [1.29, 1.82) is 0 Å².